The topological polar surface area (TPSA) is 113 Å². The number of hydrogen-bond donors (Lipinski definition) is 1. The van der Waals surface area contributed by atoms with Gasteiger partial charge < -0.3 is 10.1 Å². The first kappa shape index (κ1) is 27.2. The number of hydrogen-bond acceptors (Lipinski definition) is 6. The van der Waals surface area contributed by atoms with Gasteiger partial charge in [-0.05, 0) is 54.1 Å². The monoisotopic (exact) mass is 531 g/mol. The molecule has 0 unspecified atom stereocenters. The average molecular weight is 532 g/mol. The highest BCUT2D eigenvalue weighted by molar-refractivity contribution is 7.92. The summed E-state index contributed by atoms with van der Waals surface area (Å²) in [6.07, 6.45) is 1.16. The van der Waals surface area contributed by atoms with Gasteiger partial charge in [0.1, 0.15) is 12.4 Å². The lowest BCUT2D eigenvalue weighted by Gasteiger charge is -2.22. The number of para-hydroxylation sites is 1. The number of ether oxygens (including phenoxy) is 1. The molecular weight excluding hydrogens is 502 g/mol. The molecule has 0 aromatic heterocycles. The fourth-order valence-corrected chi connectivity index (χ4v) is 5.07. The summed E-state index contributed by atoms with van der Waals surface area (Å²) < 4.78 is 56.8. The Morgan fingerprint density at radius 1 is 0.861 bits per heavy atom. The number of rotatable bonds is 11. The summed E-state index contributed by atoms with van der Waals surface area (Å²) in [7, 11) is -4.06. The smallest absolute Gasteiger partial charge is 0.251 e. The van der Waals surface area contributed by atoms with Gasteiger partial charge in [-0.2, -0.15) is 0 Å². The molecule has 0 aliphatic heterocycles. The van der Waals surface area contributed by atoms with Crippen molar-refractivity contribution >= 4 is 31.6 Å². The standard InChI is InChI=1S/C25H29N3O6S2/c1-27(2)36(32,33)24-15-13-23(14-16-24)34-18-17-26-25(29)21-11-9-20(10-12-21)19-28(35(3,30)31)22-7-5-4-6-8-22/h4-16H,17-19H2,1-3H3,(H,26,29). The number of nitrogens with one attached hydrogen (secondary N) is 1. The molecule has 0 saturated carbocycles. The molecule has 0 aliphatic carbocycles. The first-order valence-corrected chi connectivity index (χ1v) is 14.3. The van der Waals surface area contributed by atoms with E-state index in [2.05, 4.69) is 5.32 Å². The van der Waals surface area contributed by atoms with E-state index in [0.29, 0.717) is 17.0 Å². The second-order valence-electron chi connectivity index (χ2n) is 8.17. The first-order valence-electron chi connectivity index (χ1n) is 11.0. The van der Waals surface area contributed by atoms with E-state index in [1.807, 2.05) is 6.07 Å². The van der Waals surface area contributed by atoms with Crippen molar-refractivity contribution in [1.82, 2.24) is 9.62 Å². The second kappa shape index (κ2) is 11.5. The number of nitrogens with zero attached hydrogens (tertiary/aromatic N) is 2. The lowest BCUT2D eigenvalue weighted by atomic mass is 10.1. The van der Waals surface area contributed by atoms with E-state index in [1.165, 1.54) is 30.5 Å². The molecule has 0 atom stereocenters. The van der Waals surface area contributed by atoms with Crippen LogP contribution >= 0.6 is 0 Å². The van der Waals surface area contributed by atoms with Crippen LogP contribution in [0.25, 0.3) is 0 Å². The molecule has 36 heavy (non-hydrogen) atoms. The van der Waals surface area contributed by atoms with Crippen molar-refractivity contribution < 1.29 is 26.4 Å². The van der Waals surface area contributed by atoms with Crippen LogP contribution in [0.15, 0.2) is 83.8 Å². The molecule has 0 spiro atoms. The maximum Gasteiger partial charge on any atom is 0.251 e. The number of carbonyl (C=O) groups excluding carboxylic acids is 1. The molecule has 0 aliphatic rings. The lowest BCUT2D eigenvalue weighted by Crippen LogP contribution is -2.29. The molecule has 9 nitrogen and oxygen atoms in total. The van der Waals surface area contributed by atoms with E-state index >= 15 is 0 Å². The van der Waals surface area contributed by atoms with Crippen LogP contribution in [0.5, 0.6) is 5.75 Å². The average Bonchev–Trinajstić information content (AvgIpc) is 2.85. The van der Waals surface area contributed by atoms with Gasteiger partial charge in [-0.15, -0.1) is 0 Å². The van der Waals surface area contributed by atoms with Crippen LogP contribution in [-0.2, 0) is 26.6 Å². The molecule has 11 heteroatoms. The fraction of sp³-hybridized carbons (Fsp3) is 0.240. The van der Waals surface area contributed by atoms with Crippen LogP contribution in [0, 0.1) is 0 Å². The highest BCUT2D eigenvalue weighted by Gasteiger charge is 2.18. The molecule has 3 aromatic carbocycles. The number of sulfonamides is 2. The Morgan fingerprint density at radius 2 is 1.47 bits per heavy atom. The normalized spacial score (nSPS) is 11.8. The van der Waals surface area contributed by atoms with Crippen LogP contribution in [-0.4, -0.2) is 60.6 Å². The second-order valence-corrected chi connectivity index (χ2v) is 12.2. The Kier molecular flexibility index (Phi) is 8.72. The SMILES string of the molecule is CN(C)S(=O)(=O)c1ccc(OCCNC(=O)c2ccc(CN(c3ccccc3)S(C)(=O)=O)cc2)cc1. The van der Waals surface area contributed by atoms with Crippen LogP contribution in [0.1, 0.15) is 15.9 Å². The number of anilines is 1. The van der Waals surface area contributed by atoms with Crippen molar-refractivity contribution in [2.24, 2.45) is 0 Å². The van der Waals surface area contributed by atoms with Gasteiger partial charge in [-0.3, -0.25) is 9.10 Å². The summed E-state index contributed by atoms with van der Waals surface area (Å²) in [5.74, 6) is 0.195. The highest BCUT2D eigenvalue weighted by Crippen LogP contribution is 2.20. The van der Waals surface area contributed by atoms with Crippen molar-refractivity contribution in [1.29, 1.82) is 0 Å². The predicted octanol–water partition coefficient (Wildman–Crippen LogP) is 2.71. The third kappa shape index (κ3) is 7.06. The van der Waals surface area contributed by atoms with Crippen molar-refractivity contribution in [3.8, 4) is 5.75 Å². The van der Waals surface area contributed by atoms with E-state index in [1.54, 1.807) is 60.7 Å². The van der Waals surface area contributed by atoms with Gasteiger partial charge in [0.15, 0.2) is 0 Å². The number of amides is 1. The molecule has 0 bridgehead atoms. The molecule has 192 valence electrons. The molecule has 0 fully saturated rings. The van der Waals surface area contributed by atoms with Gasteiger partial charge in [0.05, 0.1) is 29.9 Å². The van der Waals surface area contributed by atoms with Crippen molar-refractivity contribution in [2.75, 3.05) is 37.8 Å². The van der Waals surface area contributed by atoms with Crippen LogP contribution < -0.4 is 14.4 Å². The highest BCUT2D eigenvalue weighted by atomic mass is 32.2. The van der Waals surface area contributed by atoms with Crippen LogP contribution in [0.4, 0.5) is 5.69 Å². The van der Waals surface area contributed by atoms with Gasteiger partial charge in [-0.1, -0.05) is 30.3 Å². The Hall–Kier alpha value is -3.41. The van der Waals surface area contributed by atoms with Gasteiger partial charge in [0, 0.05) is 19.7 Å². The minimum Gasteiger partial charge on any atom is -0.492 e. The van der Waals surface area contributed by atoms with E-state index in [4.69, 9.17) is 4.74 Å². The van der Waals surface area contributed by atoms with E-state index in [9.17, 15) is 21.6 Å². The van der Waals surface area contributed by atoms with E-state index in [-0.39, 0.29) is 30.5 Å². The molecule has 0 radical (unpaired) electrons. The quantitative estimate of drug-likeness (QED) is 0.381. The zero-order valence-electron chi connectivity index (χ0n) is 20.3. The summed E-state index contributed by atoms with van der Waals surface area (Å²) in [5, 5.41) is 2.76. The van der Waals surface area contributed by atoms with Gasteiger partial charge in [-0.25, -0.2) is 21.1 Å². The molecule has 1 amide bonds. The lowest BCUT2D eigenvalue weighted by molar-refractivity contribution is 0.0947. The van der Waals surface area contributed by atoms with Crippen LogP contribution in [0.3, 0.4) is 0 Å². The molecule has 0 saturated heterocycles. The maximum absolute atomic E-state index is 12.4. The summed E-state index contributed by atoms with van der Waals surface area (Å²) >= 11 is 0. The predicted molar refractivity (Wildman–Crippen MR) is 139 cm³/mol. The maximum atomic E-state index is 12.4. The third-order valence-corrected chi connectivity index (χ3v) is 8.22. The van der Waals surface area contributed by atoms with Gasteiger partial charge in [0.25, 0.3) is 5.91 Å². The van der Waals surface area contributed by atoms with Crippen molar-refractivity contribution in [3.63, 3.8) is 0 Å². The Balaban J connectivity index is 1.52. The summed E-state index contributed by atoms with van der Waals surface area (Å²) in [6.45, 7) is 0.589. The van der Waals surface area contributed by atoms with Gasteiger partial charge in [0.2, 0.25) is 20.0 Å². The van der Waals surface area contributed by atoms with Crippen LogP contribution in [0.2, 0.25) is 0 Å². The summed E-state index contributed by atoms with van der Waals surface area (Å²) in [4.78, 5) is 12.6. The van der Waals surface area contributed by atoms with Crippen molar-refractivity contribution in [2.45, 2.75) is 11.4 Å². The first-order chi connectivity index (χ1) is 17.0. The summed E-state index contributed by atoms with van der Waals surface area (Å²) in [5.41, 5.74) is 1.74. The zero-order valence-corrected chi connectivity index (χ0v) is 21.9. The Labute approximate surface area is 212 Å². The molecule has 3 rings (SSSR count). The molecule has 1 N–H and O–H groups in total. The number of carbonyl (C=O) groups is 1. The van der Waals surface area contributed by atoms with Crippen molar-refractivity contribution in [3.05, 3.63) is 90.0 Å². The van der Waals surface area contributed by atoms with Gasteiger partial charge >= 0.3 is 0 Å². The largest absolute Gasteiger partial charge is 0.492 e. The number of benzene rings is 3. The van der Waals surface area contributed by atoms with E-state index < -0.39 is 20.0 Å². The fourth-order valence-electron chi connectivity index (χ4n) is 3.28. The zero-order chi connectivity index (χ0) is 26.3. The molecule has 0 heterocycles. The third-order valence-electron chi connectivity index (χ3n) is 5.25. The molecule has 3 aromatic rings. The molecular formula is C25H29N3O6S2. The Morgan fingerprint density at radius 3 is 2.03 bits per heavy atom. The minimum absolute atomic E-state index is 0.146. The van der Waals surface area contributed by atoms with E-state index in [0.717, 1.165) is 16.1 Å². The Bertz CT molecular complexity index is 1370. The minimum atomic E-state index is -3.50. The summed E-state index contributed by atoms with van der Waals surface area (Å²) in [6, 6.07) is 21.6.